The summed E-state index contributed by atoms with van der Waals surface area (Å²) in [6.07, 6.45) is 1.10. The van der Waals surface area contributed by atoms with Gasteiger partial charge in [-0.25, -0.2) is 0 Å². The van der Waals surface area contributed by atoms with Gasteiger partial charge in [0.2, 0.25) is 5.91 Å². The summed E-state index contributed by atoms with van der Waals surface area (Å²) in [4.78, 5) is 23.3. The van der Waals surface area contributed by atoms with Gasteiger partial charge in [0.1, 0.15) is 11.5 Å². The average molecular weight is 340 g/mol. The summed E-state index contributed by atoms with van der Waals surface area (Å²) >= 11 is 0. The van der Waals surface area contributed by atoms with Crippen LogP contribution >= 0.6 is 0 Å². The summed E-state index contributed by atoms with van der Waals surface area (Å²) in [7, 11) is 1.63. The fraction of sp³-hybridized carbons (Fsp3) is 0.263. The normalized spacial score (nSPS) is 12.6. The fourth-order valence-electron chi connectivity index (χ4n) is 2.57. The number of methoxy groups -OCH3 is 1. The predicted molar refractivity (Wildman–Crippen MR) is 93.7 cm³/mol. The van der Waals surface area contributed by atoms with Crippen LogP contribution in [0.2, 0.25) is 0 Å². The number of anilines is 1. The van der Waals surface area contributed by atoms with Crippen molar-refractivity contribution in [2.45, 2.75) is 19.4 Å². The summed E-state index contributed by atoms with van der Waals surface area (Å²) in [6.45, 7) is 0.441. The topological polar surface area (TPSA) is 76.7 Å². The van der Waals surface area contributed by atoms with Gasteiger partial charge in [-0.15, -0.1) is 0 Å². The lowest BCUT2D eigenvalue weighted by Gasteiger charge is -2.18. The first-order chi connectivity index (χ1) is 12.1. The lowest BCUT2D eigenvalue weighted by molar-refractivity contribution is -0.121. The smallest absolute Gasteiger partial charge is 0.262 e. The molecule has 130 valence electrons. The van der Waals surface area contributed by atoms with E-state index in [9.17, 15) is 9.59 Å². The Labute approximate surface area is 146 Å². The second-order valence-electron chi connectivity index (χ2n) is 5.79. The van der Waals surface area contributed by atoms with Gasteiger partial charge in [-0.1, -0.05) is 18.2 Å². The van der Waals surface area contributed by atoms with Gasteiger partial charge < -0.3 is 20.1 Å². The second kappa shape index (κ2) is 7.70. The maximum absolute atomic E-state index is 12.0. The zero-order valence-corrected chi connectivity index (χ0v) is 14.0. The highest BCUT2D eigenvalue weighted by Gasteiger charge is 2.15. The van der Waals surface area contributed by atoms with Crippen molar-refractivity contribution in [2.75, 3.05) is 19.0 Å². The monoisotopic (exact) mass is 340 g/mol. The highest BCUT2D eigenvalue weighted by atomic mass is 16.5. The Morgan fingerprint density at radius 3 is 2.72 bits per heavy atom. The number of carbonyl (C=O) groups is 2. The van der Waals surface area contributed by atoms with Crippen LogP contribution < -0.4 is 20.1 Å². The van der Waals surface area contributed by atoms with Crippen LogP contribution in [-0.4, -0.2) is 25.5 Å². The molecule has 1 heterocycles. The van der Waals surface area contributed by atoms with E-state index in [0.29, 0.717) is 30.8 Å². The van der Waals surface area contributed by atoms with Gasteiger partial charge in [0.15, 0.2) is 6.61 Å². The van der Waals surface area contributed by atoms with Crippen molar-refractivity contribution in [2.24, 2.45) is 0 Å². The highest BCUT2D eigenvalue weighted by molar-refractivity contribution is 5.95. The Morgan fingerprint density at radius 1 is 1.20 bits per heavy atom. The molecule has 1 aliphatic heterocycles. The molecule has 0 fully saturated rings. The Hall–Kier alpha value is -3.02. The molecule has 25 heavy (non-hydrogen) atoms. The minimum atomic E-state index is -0.160. The van der Waals surface area contributed by atoms with Crippen LogP contribution in [0.15, 0.2) is 42.5 Å². The molecule has 0 saturated heterocycles. The van der Waals surface area contributed by atoms with Crippen molar-refractivity contribution in [3.63, 3.8) is 0 Å². The van der Waals surface area contributed by atoms with Crippen LogP contribution in [0.1, 0.15) is 17.5 Å². The van der Waals surface area contributed by atoms with Gasteiger partial charge in [0.05, 0.1) is 12.8 Å². The molecule has 2 aromatic rings. The molecule has 2 aromatic carbocycles. The summed E-state index contributed by atoms with van der Waals surface area (Å²) < 4.78 is 10.5. The van der Waals surface area contributed by atoms with E-state index in [2.05, 4.69) is 10.6 Å². The molecule has 2 amide bonds. The van der Waals surface area contributed by atoms with Crippen LogP contribution in [0.4, 0.5) is 5.69 Å². The van der Waals surface area contributed by atoms with E-state index in [0.717, 1.165) is 16.9 Å². The van der Waals surface area contributed by atoms with Gasteiger partial charge in [-0.05, 0) is 41.8 Å². The maximum atomic E-state index is 12.0. The fourth-order valence-corrected chi connectivity index (χ4v) is 2.57. The van der Waals surface area contributed by atoms with Crippen LogP contribution in [-0.2, 0) is 22.6 Å². The van der Waals surface area contributed by atoms with Gasteiger partial charge in [0, 0.05) is 13.0 Å². The Morgan fingerprint density at radius 2 is 1.96 bits per heavy atom. The van der Waals surface area contributed by atoms with Gasteiger partial charge >= 0.3 is 0 Å². The van der Waals surface area contributed by atoms with Crippen molar-refractivity contribution in [1.29, 1.82) is 0 Å². The number of aryl methyl sites for hydroxylation is 1. The third-order valence-corrected chi connectivity index (χ3v) is 3.97. The van der Waals surface area contributed by atoms with Crippen molar-refractivity contribution < 1.29 is 19.1 Å². The van der Waals surface area contributed by atoms with Crippen LogP contribution in [0.5, 0.6) is 11.5 Å². The molecule has 6 nitrogen and oxygen atoms in total. The first-order valence-corrected chi connectivity index (χ1v) is 8.09. The van der Waals surface area contributed by atoms with Crippen molar-refractivity contribution >= 4 is 17.5 Å². The number of nitrogens with one attached hydrogen (secondary N) is 2. The Bertz CT molecular complexity index is 771. The minimum Gasteiger partial charge on any atom is -0.497 e. The number of hydrogen-bond acceptors (Lipinski definition) is 4. The highest BCUT2D eigenvalue weighted by Crippen LogP contribution is 2.28. The van der Waals surface area contributed by atoms with Crippen molar-refractivity contribution in [3.05, 3.63) is 53.6 Å². The first kappa shape index (κ1) is 16.8. The number of benzene rings is 2. The zero-order valence-electron chi connectivity index (χ0n) is 14.0. The van der Waals surface area contributed by atoms with E-state index in [-0.39, 0.29) is 18.4 Å². The van der Waals surface area contributed by atoms with E-state index >= 15 is 0 Å². The molecule has 1 aliphatic rings. The molecular formula is C19H20N2O4. The number of carbonyl (C=O) groups excluding carboxylic acids is 2. The van der Waals surface area contributed by atoms with Crippen LogP contribution in [0, 0.1) is 0 Å². The lowest BCUT2D eigenvalue weighted by Crippen LogP contribution is -2.26. The quantitative estimate of drug-likeness (QED) is 0.846. The number of hydrogen-bond donors (Lipinski definition) is 2. The van der Waals surface area contributed by atoms with Crippen LogP contribution in [0.3, 0.4) is 0 Å². The number of amides is 2. The van der Waals surface area contributed by atoms with Crippen molar-refractivity contribution in [1.82, 2.24) is 5.32 Å². The first-order valence-electron chi connectivity index (χ1n) is 8.09. The molecule has 0 radical (unpaired) electrons. The zero-order chi connectivity index (χ0) is 17.6. The molecule has 6 heteroatoms. The summed E-state index contributed by atoms with van der Waals surface area (Å²) in [5, 5.41) is 5.64. The summed E-state index contributed by atoms with van der Waals surface area (Å²) in [6, 6.07) is 13.2. The number of rotatable bonds is 6. The van der Waals surface area contributed by atoms with Gasteiger partial charge in [-0.2, -0.15) is 0 Å². The molecule has 0 aromatic heterocycles. The largest absolute Gasteiger partial charge is 0.497 e. The molecule has 3 rings (SSSR count). The third kappa shape index (κ3) is 4.50. The van der Waals surface area contributed by atoms with Gasteiger partial charge in [-0.3, -0.25) is 9.59 Å². The molecule has 0 unspecified atom stereocenters. The van der Waals surface area contributed by atoms with E-state index in [1.165, 1.54) is 0 Å². The molecule has 0 saturated carbocycles. The summed E-state index contributed by atoms with van der Waals surface area (Å²) in [5.41, 5.74) is 2.67. The second-order valence-corrected chi connectivity index (χ2v) is 5.79. The average Bonchev–Trinajstić information content (AvgIpc) is 2.65. The molecule has 0 aliphatic carbocycles. The third-order valence-electron chi connectivity index (χ3n) is 3.97. The van der Waals surface area contributed by atoms with E-state index in [1.54, 1.807) is 13.2 Å². The summed E-state index contributed by atoms with van der Waals surface area (Å²) in [5.74, 6) is 1.26. The Balaban J connectivity index is 1.48. The number of fused-ring (bicyclic) bond motifs is 1. The maximum Gasteiger partial charge on any atom is 0.262 e. The number of ether oxygens (including phenoxy) is 2. The molecular weight excluding hydrogens is 320 g/mol. The standard InChI is InChI=1S/C19H20N2O4/c1-24-15-6-2-13(3-7-15)5-9-18(22)20-11-14-4-8-16-17(10-14)25-12-19(23)21-16/h2-4,6-8,10H,5,9,11-12H2,1H3,(H,20,22)(H,21,23). The van der Waals surface area contributed by atoms with E-state index < -0.39 is 0 Å². The molecule has 0 bridgehead atoms. The molecule has 0 atom stereocenters. The molecule has 2 N–H and O–H groups in total. The Kier molecular flexibility index (Phi) is 5.18. The minimum absolute atomic E-state index is 0.0113. The lowest BCUT2D eigenvalue weighted by atomic mass is 10.1. The van der Waals surface area contributed by atoms with E-state index in [4.69, 9.17) is 9.47 Å². The van der Waals surface area contributed by atoms with Crippen molar-refractivity contribution in [3.8, 4) is 11.5 Å². The van der Waals surface area contributed by atoms with Crippen LogP contribution in [0.25, 0.3) is 0 Å². The molecule has 0 spiro atoms. The predicted octanol–water partition coefficient (Wildman–Crippen LogP) is 2.28. The van der Waals surface area contributed by atoms with E-state index in [1.807, 2.05) is 36.4 Å². The SMILES string of the molecule is COc1ccc(CCC(=O)NCc2ccc3c(c2)OCC(=O)N3)cc1. The van der Waals surface area contributed by atoms with Gasteiger partial charge in [0.25, 0.3) is 5.91 Å².